The van der Waals surface area contributed by atoms with Gasteiger partial charge in [-0.25, -0.2) is 13.1 Å². The first-order valence-corrected chi connectivity index (χ1v) is 23.2. The van der Waals surface area contributed by atoms with E-state index < -0.39 is 31.4 Å². The Morgan fingerprint density at radius 2 is 1.73 bits per heavy atom. The van der Waals surface area contributed by atoms with Crippen LogP contribution < -0.4 is 19.7 Å². The number of fused-ring (bicyclic) bond motifs is 1. The number of nitrogens with one attached hydrogen (secondary N) is 3. The van der Waals surface area contributed by atoms with Crippen LogP contribution in [0.4, 0.5) is 17.1 Å². The van der Waals surface area contributed by atoms with Gasteiger partial charge in [0, 0.05) is 79.2 Å². The zero-order valence-electron chi connectivity index (χ0n) is 35.0. The van der Waals surface area contributed by atoms with Gasteiger partial charge in [0.05, 0.1) is 21.5 Å². The molecule has 0 unspecified atom stereocenters. The van der Waals surface area contributed by atoms with Gasteiger partial charge in [-0.3, -0.25) is 19.8 Å². The Morgan fingerprint density at radius 3 is 2.47 bits per heavy atom. The van der Waals surface area contributed by atoms with Crippen LogP contribution in [0, 0.1) is 21.4 Å². The quantitative estimate of drug-likeness (QED) is 0.0660. The number of hydrogen-bond acceptors (Lipinski definition) is 10. The monoisotopic (exact) mass is 880 g/mol. The summed E-state index contributed by atoms with van der Waals surface area (Å²) in [5, 5.41) is 26.7. The van der Waals surface area contributed by atoms with Crippen molar-refractivity contribution in [1.82, 2.24) is 14.6 Å². The lowest BCUT2D eigenvalue weighted by Gasteiger charge is -2.39. The van der Waals surface area contributed by atoms with Gasteiger partial charge in [0.2, 0.25) is 0 Å². The Bertz CT molecular complexity index is 2590. The van der Waals surface area contributed by atoms with Crippen molar-refractivity contribution >= 4 is 61.1 Å². The van der Waals surface area contributed by atoms with Crippen LogP contribution in [0.1, 0.15) is 74.7 Å². The first kappa shape index (κ1) is 43.2. The van der Waals surface area contributed by atoms with Gasteiger partial charge in [-0.15, -0.1) is 0 Å². The number of nitrogens with zero attached hydrogens (tertiary/aromatic N) is 3. The number of nitro benzene ring substituents is 1. The number of amides is 1. The minimum atomic E-state index is -4.56. The molecule has 326 valence electrons. The fourth-order valence-electron chi connectivity index (χ4n) is 8.92. The largest absolute Gasteiger partial charge is 0.456 e. The van der Waals surface area contributed by atoms with Crippen molar-refractivity contribution < 1.29 is 28.0 Å². The molecule has 8 rings (SSSR count). The van der Waals surface area contributed by atoms with E-state index in [2.05, 4.69) is 50.8 Å². The molecule has 15 heteroatoms. The van der Waals surface area contributed by atoms with Crippen LogP contribution in [0.25, 0.3) is 16.5 Å². The summed E-state index contributed by atoms with van der Waals surface area (Å²) in [7, 11) is -4.56. The number of anilines is 2. The highest BCUT2D eigenvalue weighted by Gasteiger charge is 2.31. The molecule has 5 aromatic rings. The van der Waals surface area contributed by atoms with E-state index in [1.54, 1.807) is 24.3 Å². The summed E-state index contributed by atoms with van der Waals surface area (Å²) in [5.41, 5.74) is 5.81. The second-order valence-corrected chi connectivity index (χ2v) is 19.7. The summed E-state index contributed by atoms with van der Waals surface area (Å²) < 4.78 is 35.9. The summed E-state index contributed by atoms with van der Waals surface area (Å²) in [6.45, 7) is 9.13. The summed E-state index contributed by atoms with van der Waals surface area (Å²) in [4.78, 5) is 32.9. The van der Waals surface area contributed by atoms with E-state index in [9.17, 15) is 28.4 Å². The van der Waals surface area contributed by atoms with Crippen molar-refractivity contribution in [2.24, 2.45) is 11.3 Å². The molecule has 0 atom stereocenters. The minimum Gasteiger partial charge on any atom is -0.456 e. The average molecular weight is 881 g/mol. The fraction of sp³-hybridized carbons (Fsp3) is 0.383. The third-order valence-corrected chi connectivity index (χ3v) is 14.2. The molecule has 1 aromatic heterocycles. The molecule has 62 heavy (non-hydrogen) atoms. The maximum absolute atomic E-state index is 13.9. The molecule has 0 spiro atoms. The number of hydrogen-bond donors (Lipinski definition) is 4. The normalized spacial score (nSPS) is 19.6. The zero-order valence-corrected chi connectivity index (χ0v) is 36.6. The molecule has 0 radical (unpaired) electrons. The number of aromatic amines is 1. The van der Waals surface area contributed by atoms with Gasteiger partial charge in [-0.1, -0.05) is 43.2 Å². The molecule has 2 heterocycles. The maximum Gasteiger partial charge on any atom is 0.293 e. The highest BCUT2D eigenvalue weighted by molar-refractivity contribution is 7.90. The number of ether oxygens (including phenoxy) is 1. The van der Waals surface area contributed by atoms with Crippen molar-refractivity contribution in [3.05, 3.63) is 123 Å². The number of allylic oxidation sites excluding steroid dienone is 1. The Hall–Kier alpha value is -5.41. The molecular weight excluding hydrogens is 828 g/mol. The van der Waals surface area contributed by atoms with E-state index in [0.717, 1.165) is 92.5 Å². The fourth-order valence-corrected chi connectivity index (χ4v) is 10.0. The molecular formula is C47H53ClN6O7S. The Balaban J connectivity index is 0.998. The van der Waals surface area contributed by atoms with Crippen LogP contribution in [0.3, 0.4) is 0 Å². The van der Waals surface area contributed by atoms with Crippen LogP contribution in [0.2, 0.25) is 5.02 Å². The van der Waals surface area contributed by atoms with E-state index >= 15 is 0 Å². The van der Waals surface area contributed by atoms with Crippen LogP contribution in [-0.4, -0.2) is 79.6 Å². The number of halogens is 1. The van der Waals surface area contributed by atoms with Crippen molar-refractivity contribution in [2.45, 2.75) is 69.8 Å². The summed E-state index contributed by atoms with van der Waals surface area (Å²) >= 11 is 6.24. The highest BCUT2D eigenvalue weighted by Crippen LogP contribution is 2.43. The third-order valence-electron chi connectivity index (χ3n) is 12.6. The number of carbonyl (C=O) groups excluding carboxylic acids is 1. The van der Waals surface area contributed by atoms with E-state index in [-0.39, 0.29) is 34.4 Å². The second-order valence-electron chi connectivity index (χ2n) is 17.6. The topological polar surface area (TPSA) is 170 Å². The second kappa shape index (κ2) is 18.1. The molecule has 2 aliphatic carbocycles. The first-order chi connectivity index (χ1) is 29.7. The van der Waals surface area contributed by atoms with Gasteiger partial charge in [0.25, 0.3) is 21.6 Å². The summed E-state index contributed by atoms with van der Waals surface area (Å²) in [6.07, 6.45) is 7.61. The number of aliphatic hydroxyl groups is 1. The van der Waals surface area contributed by atoms with Gasteiger partial charge in [-0.05, 0) is 128 Å². The molecule has 13 nitrogen and oxygen atoms in total. The molecule has 2 fully saturated rings. The summed E-state index contributed by atoms with van der Waals surface area (Å²) in [5.74, 6) is -0.0933. The van der Waals surface area contributed by atoms with Crippen molar-refractivity contribution in [3.63, 3.8) is 0 Å². The maximum atomic E-state index is 13.9. The SMILES string of the molecule is CC1(C)CCC(CN2CCN(c3ccc(C(=O)NS(=O)(=O)c4ccc(NCC5CCC(O)CC5)c([N+](=O)[O-])c4)c(Oc4ccc5[nH]ccc5c4)c3)CC2)=C(c2ccc(Cl)cc2)C1. The number of H-pyrrole nitrogens is 1. The van der Waals surface area contributed by atoms with Gasteiger partial charge in [-0.2, -0.15) is 0 Å². The molecule has 3 aliphatic rings. The van der Waals surface area contributed by atoms with Crippen molar-refractivity contribution in [2.75, 3.05) is 49.5 Å². The smallest absolute Gasteiger partial charge is 0.293 e. The van der Waals surface area contributed by atoms with Crippen molar-refractivity contribution in [1.29, 1.82) is 0 Å². The lowest BCUT2D eigenvalue weighted by Crippen LogP contribution is -2.47. The van der Waals surface area contributed by atoms with Crippen LogP contribution >= 0.6 is 11.6 Å². The number of rotatable bonds is 13. The molecule has 1 saturated heterocycles. The van der Waals surface area contributed by atoms with Crippen LogP contribution in [0.5, 0.6) is 11.5 Å². The predicted octanol–water partition coefficient (Wildman–Crippen LogP) is 9.39. The molecule has 1 saturated carbocycles. The lowest BCUT2D eigenvalue weighted by molar-refractivity contribution is -0.384. The van der Waals surface area contributed by atoms with E-state index in [1.165, 1.54) is 28.8 Å². The number of aliphatic hydroxyl groups excluding tert-OH is 1. The average Bonchev–Trinajstić information content (AvgIpc) is 3.72. The lowest BCUT2D eigenvalue weighted by atomic mass is 9.72. The zero-order chi connectivity index (χ0) is 43.6. The standard InChI is InChI=1S/C47H53ClN6O7S/c1-47(2)19-17-34(41(28-47)32-5-7-35(48)8-6-32)30-52-21-23-53(24-22-52)36-9-14-40(45(26-36)61-38-12-15-42-33(25-38)18-20-49-42)46(56)51-62(59,60)39-13-16-43(44(27-39)54(57)58)50-29-31-3-10-37(55)11-4-31/h5-9,12-16,18,20,25-27,31,37,49-50,55H,3-4,10-11,17,19,21-24,28-30H2,1-2H3,(H,51,56). The predicted molar refractivity (Wildman–Crippen MR) is 244 cm³/mol. The number of benzene rings is 4. The Morgan fingerprint density at radius 1 is 0.968 bits per heavy atom. The van der Waals surface area contributed by atoms with Gasteiger partial charge in [0.1, 0.15) is 17.2 Å². The molecule has 0 bridgehead atoms. The summed E-state index contributed by atoms with van der Waals surface area (Å²) in [6, 6.07) is 24.2. The van der Waals surface area contributed by atoms with Crippen molar-refractivity contribution in [3.8, 4) is 11.5 Å². The number of carbonyl (C=O) groups is 1. The Kier molecular flexibility index (Phi) is 12.6. The third kappa shape index (κ3) is 10.1. The van der Waals surface area contributed by atoms with Gasteiger partial charge >= 0.3 is 0 Å². The van der Waals surface area contributed by atoms with E-state index in [0.29, 0.717) is 25.1 Å². The van der Waals surface area contributed by atoms with Crippen LogP contribution in [-0.2, 0) is 10.0 Å². The minimum absolute atomic E-state index is 0.0163. The van der Waals surface area contributed by atoms with Gasteiger partial charge in [0.15, 0.2) is 0 Å². The molecule has 4 N–H and O–H groups in total. The van der Waals surface area contributed by atoms with E-state index in [4.69, 9.17) is 16.3 Å². The molecule has 1 aliphatic heterocycles. The number of piperazine rings is 1. The number of nitro groups is 1. The Labute approximate surface area is 367 Å². The van der Waals surface area contributed by atoms with Gasteiger partial charge < -0.3 is 25.0 Å². The highest BCUT2D eigenvalue weighted by atomic mass is 35.5. The molecule has 4 aromatic carbocycles. The van der Waals surface area contributed by atoms with E-state index in [1.807, 2.05) is 36.5 Å². The van der Waals surface area contributed by atoms with Crippen LogP contribution in [0.15, 0.2) is 102 Å². The molecule has 1 amide bonds. The number of aromatic nitrogens is 1. The first-order valence-electron chi connectivity index (χ1n) is 21.3. The number of sulfonamides is 1.